The molecule has 7 atom stereocenters. The average molecular weight is 387 g/mol. The van der Waals surface area contributed by atoms with Gasteiger partial charge in [-0.2, -0.15) is 0 Å². The van der Waals surface area contributed by atoms with E-state index >= 15 is 0 Å². The third-order valence-corrected chi connectivity index (χ3v) is 9.94. The Morgan fingerprint density at radius 3 is 2.68 bits per heavy atom. The van der Waals surface area contributed by atoms with Crippen molar-refractivity contribution < 1.29 is 19.4 Å². The summed E-state index contributed by atoms with van der Waals surface area (Å²) in [6.45, 7) is 6.67. The molecule has 5 nitrogen and oxygen atoms in total. The second-order valence-corrected chi connectivity index (χ2v) is 10.4. The maximum Gasteiger partial charge on any atom is 0.235 e. The monoisotopic (exact) mass is 386 g/mol. The highest BCUT2D eigenvalue weighted by Gasteiger charge is 2.85. The zero-order valence-corrected chi connectivity index (χ0v) is 17.5. The van der Waals surface area contributed by atoms with Crippen molar-refractivity contribution in [2.75, 3.05) is 27.3 Å². The quantitative estimate of drug-likeness (QED) is 0.596. The lowest BCUT2D eigenvalue weighted by Gasteiger charge is -2.64. The molecule has 0 aromatic rings. The largest absolute Gasteiger partial charge is 0.392 e. The van der Waals surface area contributed by atoms with Crippen LogP contribution < -0.4 is 0 Å². The first-order valence-electron chi connectivity index (χ1n) is 11.0. The van der Waals surface area contributed by atoms with E-state index in [1.807, 2.05) is 0 Å². The summed E-state index contributed by atoms with van der Waals surface area (Å²) < 4.78 is 11.6. The molecule has 2 spiro atoms. The van der Waals surface area contributed by atoms with Crippen molar-refractivity contribution in [1.82, 2.24) is 4.90 Å². The zero-order valence-electron chi connectivity index (χ0n) is 17.5. The lowest BCUT2D eigenvalue weighted by atomic mass is 9.43. The molecule has 0 aromatic heterocycles. The molecular weight excluding hydrogens is 354 g/mol. The topological polar surface area (TPSA) is 59.0 Å². The fourth-order valence-electron chi connectivity index (χ4n) is 9.09. The van der Waals surface area contributed by atoms with E-state index in [4.69, 9.17) is 9.47 Å². The van der Waals surface area contributed by atoms with Crippen molar-refractivity contribution in [2.45, 2.75) is 63.9 Å². The Bertz CT molecular complexity index is 789. The molecule has 7 aliphatic rings. The summed E-state index contributed by atoms with van der Waals surface area (Å²) in [5.41, 5.74) is 0.557. The van der Waals surface area contributed by atoms with Gasteiger partial charge in [-0.3, -0.25) is 9.69 Å². The van der Waals surface area contributed by atoms with Crippen LogP contribution >= 0.6 is 0 Å². The summed E-state index contributed by atoms with van der Waals surface area (Å²) in [4.78, 5) is 16.7. The highest BCUT2D eigenvalue weighted by Crippen LogP contribution is 2.82. The van der Waals surface area contributed by atoms with Crippen molar-refractivity contribution in [1.29, 1.82) is 0 Å². The van der Waals surface area contributed by atoms with Gasteiger partial charge in [-0.15, -0.1) is 0 Å². The first kappa shape index (κ1) is 18.1. The molecule has 1 N–H and O–H groups in total. The van der Waals surface area contributed by atoms with Crippen LogP contribution in [0, 0.1) is 34.0 Å². The van der Waals surface area contributed by atoms with E-state index in [2.05, 4.69) is 24.8 Å². The van der Waals surface area contributed by atoms with Gasteiger partial charge in [0, 0.05) is 38.1 Å². The van der Waals surface area contributed by atoms with Crippen LogP contribution in [-0.4, -0.2) is 61.0 Å². The van der Waals surface area contributed by atoms with E-state index in [-0.39, 0.29) is 40.6 Å². The number of aliphatic hydroxyl groups is 1. The lowest BCUT2D eigenvalue weighted by Crippen LogP contribution is -2.68. The highest BCUT2D eigenvalue weighted by molar-refractivity contribution is 5.99. The van der Waals surface area contributed by atoms with Crippen molar-refractivity contribution >= 4 is 5.78 Å². The molecule has 153 valence electrons. The van der Waals surface area contributed by atoms with Gasteiger partial charge in [0.2, 0.25) is 11.6 Å². The number of piperidine rings is 1. The molecule has 5 fully saturated rings. The maximum atomic E-state index is 14.1. The number of hydrogen-bond donors (Lipinski definition) is 1. The lowest BCUT2D eigenvalue weighted by molar-refractivity contribution is -0.246. The van der Waals surface area contributed by atoms with Crippen LogP contribution in [0.5, 0.6) is 0 Å². The molecule has 0 amide bonds. The van der Waals surface area contributed by atoms with E-state index in [0.29, 0.717) is 0 Å². The smallest absolute Gasteiger partial charge is 0.235 e. The molecule has 5 heteroatoms. The Morgan fingerprint density at radius 2 is 2.00 bits per heavy atom. The van der Waals surface area contributed by atoms with Crippen LogP contribution in [0.1, 0.15) is 46.0 Å². The predicted octanol–water partition coefficient (Wildman–Crippen LogP) is 2.34. The third-order valence-electron chi connectivity index (χ3n) is 9.94. The molecule has 7 rings (SSSR count). The van der Waals surface area contributed by atoms with Crippen molar-refractivity contribution in [3.05, 3.63) is 17.6 Å². The van der Waals surface area contributed by atoms with E-state index in [9.17, 15) is 9.90 Å². The second kappa shape index (κ2) is 5.11. The summed E-state index contributed by atoms with van der Waals surface area (Å²) in [6.07, 6.45) is 6.62. The highest BCUT2D eigenvalue weighted by atomic mass is 16.7. The minimum Gasteiger partial charge on any atom is -0.392 e. The summed E-state index contributed by atoms with van der Waals surface area (Å²) in [5.74, 6) is 0.707. The molecule has 6 aliphatic carbocycles. The summed E-state index contributed by atoms with van der Waals surface area (Å²) in [7, 11) is 3.21. The molecule has 7 bridgehead atoms. The van der Waals surface area contributed by atoms with Gasteiger partial charge < -0.3 is 14.6 Å². The van der Waals surface area contributed by atoms with Crippen LogP contribution in [0.25, 0.3) is 0 Å². The van der Waals surface area contributed by atoms with Gasteiger partial charge in [0.05, 0.1) is 11.5 Å². The number of rotatable bonds is 3. The molecule has 1 aliphatic heterocycles. The zero-order chi connectivity index (χ0) is 19.7. The number of Topliss-reactive ketones (excluding diaryl/α,β-unsaturated/α-hetero) is 1. The van der Waals surface area contributed by atoms with Crippen molar-refractivity contribution in [2.24, 2.45) is 28.1 Å². The Balaban J connectivity index is 1.63. The molecular formula is C23H32NO4. The van der Waals surface area contributed by atoms with Crippen LogP contribution in [-0.2, 0) is 14.3 Å². The maximum absolute atomic E-state index is 14.1. The molecule has 28 heavy (non-hydrogen) atoms. The van der Waals surface area contributed by atoms with Gasteiger partial charge in [-0.05, 0) is 61.5 Å². The number of hydrogen-bond acceptors (Lipinski definition) is 5. The van der Waals surface area contributed by atoms with E-state index < -0.39 is 11.2 Å². The minimum atomic E-state index is -1.15. The third kappa shape index (κ3) is 1.48. The second-order valence-electron chi connectivity index (χ2n) is 10.4. The predicted molar refractivity (Wildman–Crippen MR) is 103 cm³/mol. The molecule has 0 aromatic carbocycles. The van der Waals surface area contributed by atoms with Crippen molar-refractivity contribution in [3.63, 3.8) is 0 Å². The number of ether oxygens (including phenoxy) is 2. The number of likely N-dealkylation sites (tertiary alicyclic amines) is 1. The first-order valence-corrected chi connectivity index (χ1v) is 11.0. The summed E-state index contributed by atoms with van der Waals surface area (Å²) in [5, 5.41) is 11.5. The van der Waals surface area contributed by atoms with Gasteiger partial charge >= 0.3 is 0 Å². The average Bonchev–Trinajstić information content (AvgIpc) is 3.15. The van der Waals surface area contributed by atoms with Crippen LogP contribution in [0.3, 0.4) is 0 Å². The van der Waals surface area contributed by atoms with Gasteiger partial charge in [-0.1, -0.05) is 19.9 Å². The molecule has 1 radical (unpaired) electrons. The summed E-state index contributed by atoms with van der Waals surface area (Å²) in [6, 6.07) is 0.245. The Hall–Kier alpha value is -0.750. The standard InChI is InChI=1S/C23H32NO4/c1-5-24-12-20(2)8-7-17(25)22-15(20)11-14(18(22)24)21-9-6-13(10-16(21)22)23(27-3,28-4)19(21)26/h10,13-14,17-18,25H,5-9,11-12H2,1-4H3/t13-,14?,17-,18+,20-,21-,22?/m0/s1. The van der Waals surface area contributed by atoms with Gasteiger partial charge in [0.25, 0.3) is 0 Å². The van der Waals surface area contributed by atoms with E-state index in [0.717, 1.165) is 45.2 Å². The van der Waals surface area contributed by atoms with Gasteiger partial charge in [0.1, 0.15) is 0 Å². The first-order chi connectivity index (χ1) is 13.4. The Morgan fingerprint density at radius 1 is 1.25 bits per heavy atom. The molecule has 4 saturated carbocycles. The number of methoxy groups -OCH3 is 2. The fourth-order valence-corrected chi connectivity index (χ4v) is 9.09. The Labute approximate surface area is 167 Å². The van der Waals surface area contributed by atoms with E-state index in [1.165, 1.54) is 5.57 Å². The molecule has 2 unspecified atom stereocenters. The van der Waals surface area contributed by atoms with Crippen LogP contribution in [0.2, 0.25) is 0 Å². The van der Waals surface area contributed by atoms with E-state index in [1.54, 1.807) is 20.1 Å². The number of carbonyl (C=O) groups is 1. The summed E-state index contributed by atoms with van der Waals surface area (Å²) >= 11 is 0. The molecule has 1 heterocycles. The van der Waals surface area contributed by atoms with Crippen molar-refractivity contribution in [3.8, 4) is 0 Å². The number of aliphatic hydroxyl groups excluding tert-OH is 1. The van der Waals surface area contributed by atoms with Gasteiger partial charge in [-0.25, -0.2) is 0 Å². The fraction of sp³-hybridized carbons (Fsp3) is 0.826. The number of fused-ring (bicyclic) bond motifs is 2. The Kier molecular flexibility index (Phi) is 3.29. The van der Waals surface area contributed by atoms with Crippen LogP contribution in [0.15, 0.2) is 11.6 Å². The van der Waals surface area contributed by atoms with Crippen LogP contribution in [0.4, 0.5) is 0 Å². The molecule has 1 saturated heterocycles. The van der Waals surface area contributed by atoms with Gasteiger partial charge in [0.15, 0.2) is 0 Å². The number of ketones is 1. The number of carbonyl (C=O) groups excluding carboxylic acids is 1. The number of nitrogens with zero attached hydrogens (tertiary/aromatic N) is 1. The minimum absolute atomic E-state index is 0.0580. The normalized spacial score (nSPS) is 53.5. The SMILES string of the molecule is CCN1C[C@]2(C)CC[C@H](O)C34[C]2CC([C@@H]13)[C@@]12CC[C@@H](C=C41)C(OC)(OC)C2=O.